The predicted octanol–water partition coefficient (Wildman–Crippen LogP) is 2.09. The third-order valence-corrected chi connectivity index (χ3v) is 3.57. The number of carbonyl (C=O) groups is 1. The minimum atomic E-state index is 0.0144. The molecule has 0 spiro atoms. The third-order valence-electron chi connectivity index (χ3n) is 3.57. The van der Waals surface area contributed by atoms with Gasteiger partial charge >= 0.3 is 0 Å². The highest BCUT2D eigenvalue weighted by Gasteiger charge is 2.20. The van der Waals surface area contributed by atoms with Crippen LogP contribution < -0.4 is 10.6 Å². The van der Waals surface area contributed by atoms with Gasteiger partial charge in [0.05, 0.1) is 18.1 Å². The molecule has 2 aromatic rings. The molecule has 2 heterocycles. The van der Waals surface area contributed by atoms with Gasteiger partial charge in [-0.1, -0.05) is 0 Å². The molecular formula is C15H21N5O. The molecular weight excluding hydrogens is 266 g/mol. The minimum absolute atomic E-state index is 0.0144. The lowest BCUT2D eigenvalue weighted by molar-refractivity contribution is -0.116. The zero-order chi connectivity index (χ0) is 14.8. The number of amides is 1. The van der Waals surface area contributed by atoms with Gasteiger partial charge in [-0.3, -0.25) is 4.79 Å². The molecule has 2 aromatic heterocycles. The second-order valence-electron chi connectivity index (χ2n) is 5.85. The summed E-state index contributed by atoms with van der Waals surface area (Å²) >= 11 is 0. The first-order valence-electron chi connectivity index (χ1n) is 7.50. The van der Waals surface area contributed by atoms with Gasteiger partial charge in [0.15, 0.2) is 5.65 Å². The average molecular weight is 287 g/mol. The standard InChI is InChI=1S/C15H21N5O/c1-10(2)20-15-11(8-18-20)7-13(9-17-15)19-14(21)5-6-16-12-3-4-12/h7-10,12,16H,3-6H2,1-2H3,(H,19,21). The van der Waals surface area contributed by atoms with Crippen LogP contribution in [-0.2, 0) is 4.79 Å². The van der Waals surface area contributed by atoms with E-state index in [-0.39, 0.29) is 11.9 Å². The van der Waals surface area contributed by atoms with E-state index in [9.17, 15) is 4.79 Å². The Balaban J connectivity index is 1.62. The van der Waals surface area contributed by atoms with Crippen LogP contribution in [-0.4, -0.2) is 33.3 Å². The molecule has 1 aliphatic carbocycles. The normalized spacial score (nSPS) is 14.8. The van der Waals surface area contributed by atoms with Crippen molar-refractivity contribution in [3.8, 4) is 0 Å². The zero-order valence-electron chi connectivity index (χ0n) is 12.5. The van der Waals surface area contributed by atoms with Crippen molar-refractivity contribution >= 4 is 22.6 Å². The summed E-state index contributed by atoms with van der Waals surface area (Å²) in [4.78, 5) is 16.3. The Hall–Kier alpha value is -1.95. The quantitative estimate of drug-likeness (QED) is 0.853. The molecule has 112 valence electrons. The Labute approximate surface area is 123 Å². The van der Waals surface area contributed by atoms with E-state index in [2.05, 4.69) is 34.6 Å². The Morgan fingerprint density at radius 1 is 1.43 bits per heavy atom. The lowest BCUT2D eigenvalue weighted by Gasteiger charge is -2.08. The first-order chi connectivity index (χ1) is 10.1. The predicted molar refractivity (Wildman–Crippen MR) is 82.2 cm³/mol. The van der Waals surface area contributed by atoms with Crippen molar-refractivity contribution in [3.63, 3.8) is 0 Å². The summed E-state index contributed by atoms with van der Waals surface area (Å²) in [5, 5.41) is 11.5. The van der Waals surface area contributed by atoms with Crippen molar-refractivity contribution in [1.82, 2.24) is 20.1 Å². The van der Waals surface area contributed by atoms with Crippen LogP contribution in [0.1, 0.15) is 39.2 Å². The number of rotatable bonds is 6. The van der Waals surface area contributed by atoms with Gasteiger partial charge < -0.3 is 10.6 Å². The van der Waals surface area contributed by atoms with Crippen molar-refractivity contribution in [1.29, 1.82) is 0 Å². The number of anilines is 1. The molecule has 6 heteroatoms. The van der Waals surface area contributed by atoms with Crippen LogP contribution in [0.2, 0.25) is 0 Å². The van der Waals surface area contributed by atoms with Gasteiger partial charge in [-0.15, -0.1) is 0 Å². The number of carbonyl (C=O) groups excluding carboxylic acids is 1. The molecule has 0 atom stereocenters. The highest BCUT2D eigenvalue weighted by atomic mass is 16.1. The van der Waals surface area contributed by atoms with Gasteiger partial charge in [0.1, 0.15) is 0 Å². The number of nitrogens with one attached hydrogen (secondary N) is 2. The van der Waals surface area contributed by atoms with Crippen molar-refractivity contribution in [3.05, 3.63) is 18.5 Å². The zero-order valence-corrected chi connectivity index (χ0v) is 12.5. The van der Waals surface area contributed by atoms with E-state index in [1.807, 2.05) is 10.7 Å². The summed E-state index contributed by atoms with van der Waals surface area (Å²) in [6.45, 7) is 4.87. The highest BCUT2D eigenvalue weighted by Crippen LogP contribution is 2.20. The summed E-state index contributed by atoms with van der Waals surface area (Å²) in [6.07, 6.45) is 6.44. The van der Waals surface area contributed by atoms with Crippen LogP contribution in [0.4, 0.5) is 5.69 Å². The van der Waals surface area contributed by atoms with Crippen LogP contribution >= 0.6 is 0 Å². The van der Waals surface area contributed by atoms with E-state index in [1.54, 1.807) is 12.4 Å². The maximum Gasteiger partial charge on any atom is 0.225 e. The average Bonchev–Trinajstić information content (AvgIpc) is 3.16. The van der Waals surface area contributed by atoms with E-state index in [4.69, 9.17) is 0 Å². The van der Waals surface area contributed by atoms with Crippen LogP contribution in [0.3, 0.4) is 0 Å². The van der Waals surface area contributed by atoms with Crippen LogP contribution in [0.25, 0.3) is 11.0 Å². The van der Waals surface area contributed by atoms with Crippen molar-refractivity contribution < 1.29 is 4.79 Å². The number of fused-ring (bicyclic) bond motifs is 1. The number of pyridine rings is 1. The SMILES string of the molecule is CC(C)n1ncc2cc(NC(=O)CCNC3CC3)cnc21. The van der Waals surface area contributed by atoms with E-state index in [1.165, 1.54) is 12.8 Å². The summed E-state index contributed by atoms with van der Waals surface area (Å²) in [6, 6.07) is 2.82. The van der Waals surface area contributed by atoms with E-state index >= 15 is 0 Å². The first kappa shape index (κ1) is 14.0. The van der Waals surface area contributed by atoms with E-state index in [0.29, 0.717) is 12.5 Å². The third kappa shape index (κ3) is 3.39. The summed E-state index contributed by atoms with van der Waals surface area (Å²) < 4.78 is 1.88. The first-order valence-corrected chi connectivity index (χ1v) is 7.50. The molecule has 0 radical (unpaired) electrons. The molecule has 1 aliphatic rings. The number of hydrogen-bond acceptors (Lipinski definition) is 4. The largest absolute Gasteiger partial charge is 0.325 e. The monoisotopic (exact) mass is 287 g/mol. The molecule has 0 aromatic carbocycles. The Bertz CT molecular complexity index is 645. The molecule has 6 nitrogen and oxygen atoms in total. The van der Waals surface area contributed by atoms with Gasteiger partial charge in [-0.25, -0.2) is 9.67 Å². The molecule has 1 amide bonds. The fourth-order valence-corrected chi connectivity index (χ4v) is 2.29. The van der Waals surface area contributed by atoms with Gasteiger partial charge in [0, 0.05) is 30.4 Å². The number of nitrogens with zero attached hydrogens (tertiary/aromatic N) is 3. The fraction of sp³-hybridized carbons (Fsp3) is 0.533. The molecule has 0 bridgehead atoms. The Morgan fingerprint density at radius 2 is 2.24 bits per heavy atom. The molecule has 1 saturated carbocycles. The van der Waals surface area contributed by atoms with Crippen LogP contribution in [0.5, 0.6) is 0 Å². The van der Waals surface area contributed by atoms with Gasteiger partial charge in [-0.2, -0.15) is 5.10 Å². The van der Waals surface area contributed by atoms with Gasteiger partial charge in [-0.05, 0) is 32.8 Å². The molecule has 0 aliphatic heterocycles. The topological polar surface area (TPSA) is 71.8 Å². The van der Waals surface area contributed by atoms with Crippen LogP contribution in [0, 0.1) is 0 Å². The lowest BCUT2D eigenvalue weighted by atomic mass is 10.3. The summed E-state index contributed by atoms with van der Waals surface area (Å²) in [7, 11) is 0. The molecule has 0 saturated heterocycles. The van der Waals surface area contributed by atoms with Crippen molar-refractivity contribution in [2.24, 2.45) is 0 Å². The smallest absolute Gasteiger partial charge is 0.225 e. The summed E-state index contributed by atoms with van der Waals surface area (Å²) in [5.74, 6) is 0.0144. The van der Waals surface area contributed by atoms with Crippen LogP contribution in [0.15, 0.2) is 18.5 Å². The minimum Gasteiger partial charge on any atom is -0.325 e. The lowest BCUT2D eigenvalue weighted by Crippen LogP contribution is -2.23. The van der Waals surface area contributed by atoms with Crippen molar-refractivity contribution in [2.45, 2.75) is 45.2 Å². The maximum atomic E-state index is 11.9. The van der Waals surface area contributed by atoms with Gasteiger partial charge in [0.25, 0.3) is 0 Å². The van der Waals surface area contributed by atoms with Crippen molar-refractivity contribution in [2.75, 3.05) is 11.9 Å². The fourth-order valence-electron chi connectivity index (χ4n) is 2.29. The second kappa shape index (κ2) is 5.81. The van der Waals surface area contributed by atoms with E-state index in [0.717, 1.165) is 23.3 Å². The van der Waals surface area contributed by atoms with E-state index < -0.39 is 0 Å². The number of hydrogen-bond donors (Lipinski definition) is 2. The summed E-state index contributed by atoms with van der Waals surface area (Å²) in [5.41, 5.74) is 1.57. The molecule has 2 N–H and O–H groups in total. The molecule has 3 rings (SSSR count). The van der Waals surface area contributed by atoms with Gasteiger partial charge in [0.2, 0.25) is 5.91 Å². The molecule has 0 unspecified atom stereocenters. The number of aromatic nitrogens is 3. The Morgan fingerprint density at radius 3 is 2.95 bits per heavy atom. The highest BCUT2D eigenvalue weighted by molar-refractivity contribution is 5.92. The maximum absolute atomic E-state index is 11.9. The Kier molecular flexibility index (Phi) is 3.88. The molecule has 21 heavy (non-hydrogen) atoms. The second-order valence-corrected chi connectivity index (χ2v) is 5.85. The molecule has 1 fully saturated rings.